The van der Waals surface area contributed by atoms with Gasteiger partial charge in [-0.15, -0.1) is 0 Å². The topological polar surface area (TPSA) is 57.0 Å². The van der Waals surface area contributed by atoms with Crippen LogP contribution in [0.5, 0.6) is 0 Å². The second kappa shape index (κ2) is 7.69. The summed E-state index contributed by atoms with van der Waals surface area (Å²) in [6, 6.07) is 7.67. The molecule has 0 saturated carbocycles. The van der Waals surface area contributed by atoms with E-state index in [-0.39, 0.29) is 5.91 Å². The number of amides is 1. The first kappa shape index (κ1) is 13.5. The van der Waals surface area contributed by atoms with Gasteiger partial charge in [0.15, 0.2) is 0 Å². The first-order valence-corrected chi connectivity index (χ1v) is 6.45. The lowest BCUT2D eigenvalue weighted by molar-refractivity contribution is -0.128. The summed E-state index contributed by atoms with van der Waals surface area (Å²) < 4.78 is 0. The Kier molecular flexibility index (Phi) is 6.12. The third kappa shape index (κ3) is 4.87. The Bertz CT molecular complexity index is 388. The Morgan fingerprint density at radius 1 is 1.59 bits per heavy atom. The maximum atomic E-state index is 11.8. The normalized spacial score (nSPS) is 9.65. The van der Waals surface area contributed by atoms with Crippen LogP contribution < -0.4 is 0 Å². The van der Waals surface area contributed by atoms with Crippen LogP contribution in [0.15, 0.2) is 29.4 Å². The Balaban J connectivity index is 2.40. The van der Waals surface area contributed by atoms with Gasteiger partial charge >= 0.3 is 0 Å². The molecule has 0 saturated heterocycles. The molecule has 0 bridgehead atoms. The minimum Gasteiger partial charge on any atom is -0.341 e. The second-order valence-electron chi connectivity index (χ2n) is 3.34. The van der Waals surface area contributed by atoms with Crippen LogP contribution in [0.1, 0.15) is 13.3 Å². The molecule has 1 heterocycles. The molecular formula is C12H15N3OS. The molecule has 0 spiro atoms. The van der Waals surface area contributed by atoms with Crippen LogP contribution in [0.3, 0.4) is 0 Å². The molecule has 0 radical (unpaired) electrons. The van der Waals surface area contributed by atoms with Crippen molar-refractivity contribution in [1.29, 1.82) is 5.26 Å². The third-order valence-electron chi connectivity index (χ3n) is 2.21. The molecule has 0 N–H and O–H groups in total. The molecule has 1 rings (SSSR count). The molecule has 1 aromatic heterocycles. The summed E-state index contributed by atoms with van der Waals surface area (Å²) in [5.74, 6) is 0.425. The molecule has 0 unspecified atom stereocenters. The zero-order valence-electron chi connectivity index (χ0n) is 9.80. The molecule has 1 aromatic rings. The van der Waals surface area contributed by atoms with Crippen molar-refractivity contribution in [2.45, 2.75) is 18.4 Å². The van der Waals surface area contributed by atoms with Crippen molar-refractivity contribution in [3.05, 3.63) is 24.4 Å². The lowest BCUT2D eigenvalue weighted by Gasteiger charge is -2.18. The number of pyridine rings is 1. The van der Waals surface area contributed by atoms with Crippen molar-refractivity contribution in [2.75, 3.05) is 18.8 Å². The number of nitrogens with zero attached hydrogens (tertiary/aromatic N) is 3. The Labute approximate surface area is 106 Å². The highest BCUT2D eigenvalue weighted by Crippen LogP contribution is 2.14. The van der Waals surface area contributed by atoms with Crippen molar-refractivity contribution in [3.8, 4) is 6.07 Å². The van der Waals surface area contributed by atoms with E-state index in [2.05, 4.69) is 4.98 Å². The van der Waals surface area contributed by atoms with E-state index in [1.54, 1.807) is 11.1 Å². The van der Waals surface area contributed by atoms with Crippen molar-refractivity contribution >= 4 is 17.7 Å². The highest BCUT2D eigenvalue weighted by Gasteiger charge is 2.11. The Hall–Kier alpha value is -1.54. The van der Waals surface area contributed by atoms with E-state index in [4.69, 9.17) is 5.26 Å². The molecule has 1 amide bonds. The molecule has 0 aromatic carbocycles. The van der Waals surface area contributed by atoms with Crippen molar-refractivity contribution in [1.82, 2.24) is 9.88 Å². The van der Waals surface area contributed by atoms with Crippen LogP contribution in [0.2, 0.25) is 0 Å². The van der Waals surface area contributed by atoms with Gasteiger partial charge in [0.1, 0.15) is 0 Å². The summed E-state index contributed by atoms with van der Waals surface area (Å²) in [4.78, 5) is 17.7. The van der Waals surface area contributed by atoms with Gasteiger partial charge in [0, 0.05) is 19.3 Å². The molecule has 0 aliphatic rings. The lowest BCUT2D eigenvalue weighted by atomic mass is 10.4. The molecule has 0 atom stereocenters. The van der Waals surface area contributed by atoms with E-state index in [1.807, 2.05) is 31.2 Å². The van der Waals surface area contributed by atoms with Gasteiger partial charge in [0.2, 0.25) is 5.91 Å². The van der Waals surface area contributed by atoms with Crippen LogP contribution in [-0.4, -0.2) is 34.6 Å². The standard InChI is InChI=1S/C12H15N3OS/c1-2-15(9-5-7-13)12(16)10-17-11-6-3-4-8-14-11/h3-4,6,8H,2,5,9-10H2,1H3. The summed E-state index contributed by atoms with van der Waals surface area (Å²) in [5.41, 5.74) is 0. The zero-order chi connectivity index (χ0) is 12.5. The number of thioether (sulfide) groups is 1. The fourth-order valence-electron chi connectivity index (χ4n) is 1.30. The van der Waals surface area contributed by atoms with Crippen molar-refractivity contribution in [2.24, 2.45) is 0 Å². The van der Waals surface area contributed by atoms with Crippen LogP contribution in [-0.2, 0) is 4.79 Å². The number of aromatic nitrogens is 1. The monoisotopic (exact) mass is 249 g/mol. The average Bonchev–Trinajstić information content (AvgIpc) is 2.38. The zero-order valence-corrected chi connectivity index (χ0v) is 10.6. The fourth-order valence-corrected chi connectivity index (χ4v) is 2.07. The van der Waals surface area contributed by atoms with Crippen molar-refractivity contribution < 1.29 is 4.79 Å². The van der Waals surface area contributed by atoms with Gasteiger partial charge in [-0.3, -0.25) is 4.79 Å². The van der Waals surface area contributed by atoms with E-state index < -0.39 is 0 Å². The molecule has 0 aliphatic heterocycles. The second-order valence-corrected chi connectivity index (χ2v) is 4.33. The van der Waals surface area contributed by atoms with E-state index in [9.17, 15) is 4.79 Å². The summed E-state index contributed by atoms with van der Waals surface area (Å²) in [6.07, 6.45) is 2.09. The molecule has 0 fully saturated rings. The highest BCUT2D eigenvalue weighted by molar-refractivity contribution is 7.99. The van der Waals surface area contributed by atoms with Crippen LogP contribution in [0.25, 0.3) is 0 Å². The molecule has 5 heteroatoms. The summed E-state index contributed by atoms with van der Waals surface area (Å²) in [5, 5.41) is 9.34. The van der Waals surface area contributed by atoms with Gasteiger partial charge in [-0.2, -0.15) is 5.26 Å². The SMILES string of the molecule is CCN(CCC#N)C(=O)CSc1ccccn1. The van der Waals surface area contributed by atoms with Crippen LogP contribution in [0, 0.1) is 11.3 Å². The van der Waals surface area contributed by atoms with Crippen LogP contribution in [0.4, 0.5) is 0 Å². The summed E-state index contributed by atoms with van der Waals surface area (Å²) in [6.45, 7) is 3.07. The maximum absolute atomic E-state index is 11.8. The highest BCUT2D eigenvalue weighted by atomic mass is 32.2. The van der Waals surface area contributed by atoms with E-state index in [1.165, 1.54) is 11.8 Å². The summed E-state index contributed by atoms with van der Waals surface area (Å²) >= 11 is 1.42. The third-order valence-corrected chi connectivity index (χ3v) is 3.14. The number of carbonyl (C=O) groups excluding carboxylic acids is 1. The molecule has 0 aliphatic carbocycles. The number of hydrogen-bond acceptors (Lipinski definition) is 4. The van der Waals surface area contributed by atoms with Gasteiger partial charge in [0.05, 0.1) is 23.3 Å². The minimum absolute atomic E-state index is 0.0541. The van der Waals surface area contributed by atoms with Gasteiger partial charge in [-0.1, -0.05) is 17.8 Å². The lowest BCUT2D eigenvalue weighted by Crippen LogP contribution is -2.33. The molecule has 4 nitrogen and oxygen atoms in total. The molecular weight excluding hydrogens is 234 g/mol. The van der Waals surface area contributed by atoms with Gasteiger partial charge in [-0.05, 0) is 19.1 Å². The fraction of sp³-hybridized carbons (Fsp3) is 0.417. The minimum atomic E-state index is 0.0541. The van der Waals surface area contributed by atoms with Gasteiger partial charge in [-0.25, -0.2) is 4.98 Å². The van der Waals surface area contributed by atoms with E-state index in [0.29, 0.717) is 25.3 Å². The number of nitriles is 1. The van der Waals surface area contributed by atoms with Gasteiger partial charge in [0.25, 0.3) is 0 Å². The predicted molar refractivity (Wildman–Crippen MR) is 67.4 cm³/mol. The van der Waals surface area contributed by atoms with Crippen molar-refractivity contribution in [3.63, 3.8) is 0 Å². The van der Waals surface area contributed by atoms with Crippen LogP contribution >= 0.6 is 11.8 Å². The van der Waals surface area contributed by atoms with Gasteiger partial charge < -0.3 is 4.90 Å². The van der Waals surface area contributed by atoms with E-state index >= 15 is 0 Å². The Morgan fingerprint density at radius 3 is 3.00 bits per heavy atom. The summed E-state index contributed by atoms with van der Waals surface area (Å²) in [7, 11) is 0. The number of rotatable bonds is 6. The quantitative estimate of drug-likeness (QED) is 0.723. The van der Waals surface area contributed by atoms with E-state index in [0.717, 1.165) is 5.03 Å². The first-order valence-electron chi connectivity index (χ1n) is 5.46. The maximum Gasteiger partial charge on any atom is 0.233 e. The first-order chi connectivity index (χ1) is 8.27. The largest absolute Gasteiger partial charge is 0.341 e. The molecule has 17 heavy (non-hydrogen) atoms. The average molecular weight is 249 g/mol. The number of carbonyl (C=O) groups is 1. The molecule has 90 valence electrons. The predicted octanol–water partition coefficient (Wildman–Crippen LogP) is 1.94. The number of hydrogen-bond donors (Lipinski definition) is 0. The smallest absolute Gasteiger partial charge is 0.233 e. The Morgan fingerprint density at radius 2 is 2.41 bits per heavy atom.